The summed E-state index contributed by atoms with van der Waals surface area (Å²) in [4.78, 5) is 22.0. The summed E-state index contributed by atoms with van der Waals surface area (Å²) < 4.78 is 5.93. The number of aromatic nitrogens is 1. The maximum atomic E-state index is 12.7. The number of likely N-dealkylation sites (tertiary alicyclic amines) is 1. The molecule has 4 rings (SSSR count). The summed E-state index contributed by atoms with van der Waals surface area (Å²) in [6.07, 6.45) is 4.13. The predicted octanol–water partition coefficient (Wildman–Crippen LogP) is 2.64. The Balaban J connectivity index is 1.29. The second-order valence-electron chi connectivity index (χ2n) is 9.56. The maximum absolute atomic E-state index is 12.7. The standard InChI is InChI=1S/C23H34N4O3/c1-23(2,16-28)15-24-21(29)17-6-5-11-27(14-17)18-9-12-26(13-10-18)22-25-19-7-3-4-8-20(19)30-22/h3-4,7-8,17-18,28H,5-6,9-16H2,1-2H3,(H,24,29)/t17-/m1/s1. The van der Waals surface area contributed by atoms with Gasteiger partial charge in [-0.2, -0.15) is 4.98 Å². The number of piperidine rings is 2. The number of amides is 1. The lowest BCUT2D eigenvalue weighted by Gasteiger charge is -2.41. The summed E-state index contributed by atoms with van der Waals surface area (Å²) >= 11 is 0. The van der Waals surface area contributed by atoms with Gasteiger partial charge in [0, 0.05) is 44.2 Å². The van der Waals surface area contributed by atoms with E-state index >= 15 is 0 Å². The third kappa shape index (κ3) is 4.78. The van der Waals surface area contributed by atoms with Crippen molar-refractivity contribution in [2.24, 2.45) is 11.3 Å². The normalized spacial score (nSPS) is 21.8. The number of fused-ring (bicyclic) bond motifs is 1. The van der Waals surface area contributed by atoms with E-state index in [1.165, 1.54) is 0 Å². The average Bonchev–Trinajstić information content (AvgIpc) is 3.22. The molecule has 0 unspecified atom stereocenters. The number of aliphatic hydroxyl groups is 1. The number of carbonyl (C=O) groups is 1. The molecule has 0 spiro atoms. The Labute approximate surface area is 178 Å². The van der Waals surface area contributed by atoms with Crippen LogP contribution in [0.1, 0.15) is 39.5 Å². The van der Waals surface area contributed by atoms with Crippen molar-refractivity contribution < 1.29 is 14.3 Å². The van der Waals surface area contributed by atoms with Gasteiger partial charge < -0.3 is 19.7 Å². The molecule has 0 aliphatic carbocycles. The Kier molecular flexibility index (Phi) is 6.29. The van der Waals surface area contributed by atoms with Gasteiger partial charge >= 0.3 is 0 Å². The first-order valence-electron chi connectivity index (χ1n) is 11.2. The second kappa shape index (κ2) is 8.94. The molecule has 1 atom stereocenters. The van der Waals surface area contributed by atoms with Crippen molar-refractivity contribution >= 4 is 23.0 Å². The highest BCUT2D eigenvalue weighted by atomic mass is 16.4. The van der Waals surface area contributed by atoms with E-state index in [-0.39, 0.29) is 23.8 Å². The molecule has 7 heteroatoms. The zero-order chi connectivity index (χ0) is 21.1. The fourth-order valence-corrected chi connectivity index (χ4v) is 4.50. The molecule has 2 N–H and O–H groups in total. The summed E-state index contributed by atoms with van der Waals surface area (Å²) in [5.74, 6) is 0.174. The van der Waals surface area contributed by atoms with E-state index in [0.717, 1.165) is 69.0 Å². The lowest BCUT2D eigenvalue weighted by atomic mass is 9.91. The van der Waals surface area contributed by atoms with Gasteiger partial charge in [0.05, 0.1) is 5.92 Å². The molecule has 0 saturated carbocycles. The van der Waals surface area contributed by atoms with Crippen LogP contribution in [-0.4, -0.2) is 66.3 Å². The first kappa shape index (κ1) is 21.1. The number of nitrogens with one attached hydrogen (secondary N) is 1. The highest BCUT2D eigenvalue weighted by Crippen LogP contribution is 2.28. The van der Waals surface area contributed by atoms with Crippen molar-refractivity contribution in [1.82, 2.24) is 15.2 Å². The largest absolute Gasteiger partial charge is 0.423 e. The van der Waals surface area contributed by atoms with E-state index in [0.29, 0.717) is 12.6 Å². The zero-order valence-electron chi connectivity index (χ0n) is 18.1. The summed E-state index contributed by atoms with van der Waals surface area (Å²) in [6, 6.07) is 9.12. The Morgan fingerprint density at radius 1 is 1.23 bits per heavy atom. The smallest absolute Gasteiger partial charge is 0.298 e. The van der Waals surface area contributed by atoms with Gasteiger partial charge in [0.1, 0.15) is 5.52 Å². The van der Waals surface area contributed by atoms with E-state index in [4.69, 9.17) is 4.42 Å². The number of hydrogen-bond acceptors (Lipinski definition) is 6. The number of hydrogen-bond donors (Lipinski definition) is 2. The van der Waals surface area contributed by atoms with Gasteiger partial charge in [0.2, 0.25) is 5.91 Å². The fraction of sp³-hybridized carbons (Fsp3) is 0.652. The minimum Gasteiger partial charge on any atom is -0.423 e. The number of benzene rings is 1. The number of carbonyl (C=O) groups excluding carboxylic acids is 1. The van der Waals surface area contributed by atoms with E-state index in [2.05, 4.69) is 20.1 Å². The third-order valence-electron chi connectivity index (χ3n) is 6.53. The molecule has 30 heavy (non-hydrogen) atoms. The van der Waals surface area contributed by atoms with Crippen LogP contribution in [0.2, 0.25) is 0 Å². The SMILES string of the molecule is CC(C)(CO)CNC(=O)[C@@H]1CCCN(C2CCN(c3nc4ccccc4o3)CC2)C1. The molecular formula is C23H34N4O3. The van der Waals surface area contributed by atoms with Crippen LogP contribution in [0.15, 0.2) is 28.7 Å². The first-order chi connectivity index (χ1) is 14.4. The summed E-state index contributed by atoms with van der Waals surface area (Å²) in [5, 5.41) is 12.5. The molecular weight excluding hydrogens is 380 g/mol. The van der Waals surface area contributed by atoms with Gasteiger partial charge in [-0.3, -0.25) is 9.69 Å². The Morgan fingerprint density at radius 3 is 2.73 bits per heavy atom. The first-order valence-corrected chi connectivity index (χ1v) is 11.2. The molecule has 1 aromatic heterocycles. The van der Waals surface area contributed by atoms with Crippen LogP contribution in [0.4, 0.5) is 6.01 Å². The number of oxazole rings is 1. The molecule has 7 nitrogen and oxygen atoms in total. The number of aliphatic hydroxyl groups excluding tert-OH is 1. The third-order valence-corrected chi connectivity index (χ3v) is 6.53. The molecule has 3 heterocycles. The number of rotatable bonds is 6. The van der Waals surface area contributed by atoms with E-state index in [9.17, 15) is 9.90 Å². The van der Waals surface area contributed by atoms with E-state index in [1.54, 1.807) is 0 Å². The maximum Gasteiger partial charge on any atom is 0.298 e. The van der Waals surface area contributed by atoms with E-state index in [1.807, 2.05) is 38.1 Å². The Morgan fingerprint density at radius 2 is 2.00 bits per heavy atom. The molecule has 1 amide bonds. The summed E-state index contributed by atoms with van der Waals surface area (Å²) in [6.45, 7) is 8.27. The number of nitrogens with zero attached hydrogens (tertiary/aromatic N) is 3. The van der Waals surface area contributed by atoms with Crippen LogP contribution in [0.5, 0.6) is 0 Å². The van der Waals surface area contributed by atoms with Crippen LogP contribution < -0.4 is 10.2 Å². The molecule has 0 radical (unpaired) electrons. The van der Waals surface area contributed by atoms with Crippen LogP contribution >= 0.6 is 0 Å². The van der Waals surface area contributed by atoms with Crippen LogP contribution in [0.25, 0.3) is 11.1 Å². The van der Waals surface area contributed by atoms with Crippen molar-refractivity contribution in [2.75, 3.05) is 44.2 Å². The Bertz CT molecular complexity index is 824. The van der Waals surface area contributed by atoms with Crippen molar-refractivity contribution in [3.63, 3.8) is 0 Å². The lowest BCUT2D eigenvalue weighted by Crippen LogP contribution is -2.51. The topological polar surface area (TPSA) is 81.8 Å². The van der Waals surface area contributed by atoms with Gasteiger partial charge in [0.25, 0.3) is 6.01 Å². The molecule has 164 valence electrons. The minimum absolute atomic E-state index is 0.0447. The summed E-state index contributed by atoms with van der Waals surface area (Å²) in [5.41, 5.74) is 1.47. The van der Waals surface area contributed by atoms with Gasteiger partial charge in [-0.25, -0.2) is 0 Å². The van der Waals surface area contributed by atoms with Crippen LogP contribution in [0, 0.1) is 11.3 Å². The van der Waals surface area contributed by atoms with Crippen molar-refractivity contribution in [1.29, 1.82) is 0 Å². The number of para-hydroxylation sites is 2. The number of anilines is 1. The van der Waals surface area contributed by atoms with Crippen molar-refractivity contribution in [3.8, 4) is 0 Å². The quantitative estimate of drug-likeness (QED) is 0.756. The minimum atomic E-state index is -0.276. The lowest BCUT2D eigenvalue weighted by molar-refractivity contribution is -0.127. The molecule has 2 aliphatic heterocycles. The van der Waals surface area contributed by atoms with Gasteiger partial charge in [-0.15, -0.1) is 0 Å². The van der Waals surface area contributed by atoms with Crippen molar-refractivity contribution in [2.45, 2.75) is 45.6 Å². The monoisotopic (exact) mass is 414 g/mol. The summed E-state index contributed by atoms with van der Waals surface area (Å²) in [7, 11) is 0. The van der Waals surface area contributed by atoms with Gasteiger partial charge in [0.15, 0.2) is 5.58 Å². The second-order valence-corrected chi connectivity index (χ2v) is 9.56. The molecule has 2 aliphatic rings. The molecule has 0 bridgehead atoms. The predicted molar refractivity (Wildman–Crippen MR) is 117 cm³/mol. The highest BCUT2D eigenvalue weighted by Gasteiger charge is 2.33. The van der Waals surface area contributed by atoms with Crippen LogP contribution in [0.3, 0.4) is 0 Å². The highest BCUT2D eigenvalue weighted by molar-refractivity contribution is 5.79. The molecule has 2 saturated heterocycles. The van der Waals surface area contributed by atoms with Gasteiger partial charge in [-0.05, 0) is 44.4 Å². The average molecular weight is 415 g/mol. The van der Waals surface area contributed by atoms with Gasteiger partial charge in [-0.1, -0.05) is 26.0 Å². The van der Waals surface area contributed by atoms with E-state index < -0.39 is 0 Å². The zero-order valence-corrected chi connectivity index (χ0v) is 18.1. The fourth-order valence-electron chi connectivity index (χ4n) is 4.50. The van der Waals surface area contributed by atoms with Crippen LogP contribution in [-0.2, 0) is 4.79 Å². The van der Waals surface area contributed by atoms with Crippen molar-refractivity contribution in [3.05, 3.63) is 24.3 Å². The molecule has 2 fully saturated rings. The molecule has 1 aromatic carbocycles. The Hall–Kier alpha value is -2.12. The molecule has 2 aromatic rings.